The van der Waals surface area contributed by atoms with Crippen molar-refractivity contribution in [3.8, 4) is 0 Å². The summed E-state index contributed by atoms with van der Waals surface area (Å²) in [5.74, 6) is 2.45. The van der Waals surface area contributed by atoms with Crippen molar-refractivity contribution in [2.45, 2.75) is 58.9 Å². The number of hydrogen-bond acceptors (Lipinski definition) is 5. The first-order valence-corrected chi connectivity index (χ1v) is 13.1. The molecule has 0 bridgehead atoms. The van der Waals surface area contributed by atoms with E-state index in [1.807, 2.05) is 0 Å². The molecule has 7 heteroatoms. The third kappa shape index (κ3) is 3.77. The molecule has 5 aromatic rings. The van der Waals surface area contributed by atoms with E-state index in [0.717, 1.165) is 41.8 Å². The summed E-state index contributed by atoms with van der Waals surface area (Å²) >= 11 is 0. The molecule has 1 saturated carbocycles. The lowest BCUT2D eigenvalue weighted by atomic mass is 9.89. The summed E-state index contributed by atoms with van der Waals surface area (Å²) < 4.78 is 2.36. The fraction of sp³-hybridized carbons (Fsp3) is 0.300. The van der Waals surface area contributed by atoms with Gasteiger partial charge in [-0.15, -0.1) is 5.10 Å². The van der Waals surface area contributed by atoms with Crippen LogP contribution in [-0.4, -0.2) is 35.2 Å². The number of tetrazole rings is 1. The maximum absolute atomic E-state index is 5.08. The number of hydrogen-bond donors (Lipinski definition) is 1. The van der Waals surface area contributed by atoms with E-state index >= 15 is 0 Å². The van der Waals surface area contributed by atoms with Crippen LogP contribution in [0.15, 0.2) is 48.5 Å². The van der Waals surface area contributed by atoms with Crippen LogP contribution in [0.4, 0.5) is 0 Å². The third-order valence-corrected chi connectivity index (χ3v) is 7.80. The second-order valence-electron chi connectivity index (χ2n) is 10.5. The van der Waals surface area contributed by atoms with Crippen LogP contribution in [0, 0.1) is 13.8 Å². The van der Waals surface area contributed by atoms with Crippen LogP contribution >= 0.6 is 0 Å². The van der Waals surface area contributed by atoms with Crippen LogP contribution in [-0.2, 0) is 19.4 Å². The van der Waals surface area contributed by atoms with Gasteiger partial charge in [-0.25, -0.2) is 15.1 Å². The topological polar surface area (TPSA) is 85.2 Å². The molecule has 1 N–H and O–H groups in total. The Morgan fingerprint density at radius 1 is 0.973 bits per heavy atom. The molecule has 0 atom stereocenters. The number of aryl methyl sites for hydroxylation is 4. The van der Waals surface area contributed by atoms with Crippen LogP contribution in [0.3, 0.4) is 0 Å². The normalized spacial score (nSPS) is 16.4. The zero-order valence-corrected chi connectivity index (χ0v) is 21.4. The average Bonchev–Trinajstić information content (AvgIpc) is 3.51. The van der Waals surface area contributed by atoms with Crippen LogP contribution in [0.5, 0.6) is 0 Å². The number of aromatic nitrogens is 7. The SMILES string of the molecule is C/C(=C1/c2ccccc2CCc2cc(Cn3c(C4CC4)nc4c(C)cc(C)nc43)ccc21)c1nnn[nH]1. The highest BCUT2D eigenvalue weighted by Crippen LogP contribution is 2.42. The van der Waals surface area contributed by atoms with Gasteiger partial charge in [-0.1, -0.05) is 42.5 Å². The van der Waals surface area contributed by atoms with E-state index in [9.17, 15) is 0 Å². The summed E-state index contributed by atoms with van der Waals surface area (Å²) in [7, 11) is 0. The van der Waals surface area contributed by atoms with Gasteiger partial charge in [-0.05, 0) is 102 Å². The molecule has 0 spiro atoms. The number of benzene rings is 2. The van der Waals surface area contributed by atoms with E-state index in [4.69, 9.17) is 9.97 Å². The zero-order chi connectivity index (χ0) is 25.1. The van der Waals surface area contributed by atoms with Gasteiger partial charge >= 0.3 is 0 Å². The smallest absolute Gasteiger partial charge is 0.175 e. The summed E-state index contributed by atoms with van der Waals surface area (Å²) in [6.45, 7) is 7.10. The van der Waals surface area contributed by atoms with Crippen molar-refractivity contribution < 1.29 is 0 Å². The molecule has 0 aliphatic heterocycles. The molecule has 0 amide bonds. The zero-order valence-electron chi connectivity index (χ0n) is 21.4. The minimum atomic E-state index is 0.553. The number of nitrogens with zero attached hydrogens (tertiary/aromatic N) is 6. The molecule has 3 aromatic heterocycles. The summed E-state index contributed by atoms with van der Waals surface area (Å²) in [5.41, 5.74) is 13.1. The highest BCUT2D eigenvalue weighted by molar-refractivity contribution is 5.98. The van der Waals surface area contributed by atoms with Gasteiger partial charge < -0.3 is 4.57 Å². The Hall–Kier alpha value is -4.13. The van der Waals surface area contributed by atoms with E-state index in [0.29, 0.717) is 11.7 Å². The molecule has 1 fully saturated rings. The fourth-order valence-electron chi connectivity index (χ4n) is 5.84. The molecule has 7 rings (SSSR count). The summed E-state index contributed by atoms with van der Waals surface area (Å²) in [5, 5.41) is 14.8. The van der Waals surface area contributed by atoms with Gasteiger partial charge in [0.15, 0.2) is 11.5 Å². The van der Waals surface area contributed by atoms with Gasteiger partial charge in [0.1, 0.15) is 11.3 Å². The van der Waals surface area contributed by atoms with Crippen molar-refractivity contribution in [3.05, 3.63) is 99.3 Å². The van der Waals surface area contributed by atoms with Crippen LogP contribution < -0.4 is 0 Å². The average molecular weight is 488 g/mol. The molecule has 3 heterocycles. The van der Waals surface area contributed by atoms with Crippen LogP contribution in [0.2, 0.25) is 0 Å². The van der Waals surface area contributed by atoms with Crippen LogP contribution in [0.25, 0.3) is 22.3 Å². The van der Waals surface area contributed by atoms with Gasteiger partial charge in [0.25, 0.3) is 0 Å². The van der Waals surface area contributed by atoms with Crippen molar-refractivity contribution in [1.82, 2.24) is 35.2 Å². The molecule has 0 saturated heterocycles. The maximum Gasteiger partial charge on any atom is 0.175 e. The molecule has 37 heavy (non-hydrogen) atoms. The molecular formula is C30H29N7. The van der Waals surface area contributed by atoms with E-state index in [2.05, 4.69) is 94.5 Å². The molecule has 2 aliphatic rings. The first-order valence-electron chi connectivity index (χ1n) is 13.1. The number of H-pyrrole nitrogens is 1. The summed E-state index contributed by atoms with van der Waals surface area (Å²) in [4.78, 5) is 10.0. The van der Waals surface area contributed by atoms with Crippen LogP contribution in [0.1, 0.15) is 76.4 Å². The third-order valence-electron chi connectivity index (χ3n) is 7.80. The largest absolute Gasteiger partial charge is 0.308 e. The Bertz CT molecular complexity index is 1690. The van der Waals surface area contributed by atoms with Crippen molar-refractivity contribution in [3.63, 3.8) is 0 Å². The lowest BCUT2D eigenvalue weighted by molar-refractivity contribution is 0.738. The molecule has 7 nitrogen and oxygen atoms in total. The summed E-state index contributed by atoms with van der Waals surface area (Å²) in [6.07, 6.45) is 4.42. The monoisotopic (exact) mass is 487 g/mol. The van der Waals surface area contributed by atoms with E-state index in [1.54, 1.807) is 0 Å². The number of allylic oxidation sites excluding steroid dienone is 1. The maximum atomic E-state index is 5.08. The van der Waals surface area contributed by atoms with Gasteiger partial charge in [-0.3, -0.25) is 0 Å². The van der Waals surface area contributed by atoms with Gasteiger partial charge in [0.05, 0.1) is 6.54 Å². The van der Waals surface area contributed by atoms with Crippen molar-refractivity contribution in [1.29, 1.82) is 0 Å². The quantitative estimate of drug-likeness (QED) is 0.358. The molecule has 0 radical (unpaired) electrons. The number of fused-ring (bicyclic) bond motifs is 3. The number of imidazole rings is 1. The van der Waals surface area contributed by atoms with E-state index < -0.39 is 0 Å². The number of aromatic amines is 1. The van der Waals surface area contributed by atoms with Crippen molar-refractivity contribution in [2.24, 2.45) is 0 Å². The lowest BCUT2D eigenvalue weighted by Gasteiger charge is -2.16. The molecule has 0 unspecified atom stereocenters. The lowest BCUT2D eigenvalue weighted by Crippen LogP contribution is -2.07. The van der Waals surface area contributed by atoms with Gasteiger partial charge in [0, 0.05) is 17.2 Å². The molecular weight excluding hydrogens is 458 g/mol. The minimum Gasteiger partial charge on any atom is -0.308 e. The highest BCUT2D eigenvalue weighted by Gasteiger charge is 2.31. The number of nitrogens with one attached hydrogen (secondary N) is 1. The predicted molar refractivity (Wildman–Crippen MR) is 144 cm³/mol. The minimum absolute atomic E-state index is 0.553. The first-order chi connectivity index (χ1) is 18.1. The second-order valence-corrected chi connectivity index (χ2v) is 10.5. The van der Waals surface area contributed by atoms with Gasteiger partial charge in [-0.2, -0.15) is 0 Å². The summed E-state index contributed by atoms with van der Waals surface area (Å²) in [6, 6.07) is 17.8. The van der Waals surface area contributed by atoms with Crippen molar-refractivity contribution in [2.75, 3.05) is 0 Å². The van der Waals surface area contributed by atoms with Gasteiger partial charge in [0.2, 0.25) is 0 Å². The highest BCUT2D eigenvalue weighted by atomic mass is 15.5. The number of pyridine rings is 1. The standard InChI is InChI=1S/C30H29N7/c1-17-14-18(2)31-30-27(17)32-29(22-10-11-22)37(30)16-20-8-13-25-23(15-20)12-9-21-6-4-5-7-24(21)26(25)19(3)28-33-35-36-34-28/h4-8,13-15,22H,9-12,16H2,1-3H3,(H,33,34,35,36)/b26-19+. The number of rotatable bonds is 4. The Labute approximate surface area is 215 Å². The fourth-order valence-corrected chi connectivity index (χ4v) is 5.84. The molecule has 2 aliphatic carbocycles. The molecule has 2 aromatic carbocycles. The Kier molecular flexibility index (Phi) is 5.06. The Morgan fingerprint density at radius 3 is 2.59 bits per heavy atom. The first kappa shape index (κ1) is 22.1. The Balaban J connectivity index is 1.36. The van der Waals surface area contributed by atoms with E-state index in [-0.39, 0.29) is 0 Å². The second kappa shape index (κ2) is 8.47. The van der Waals surface area contributed by atoms with Crippen molar-refractivity contribution >= 4 is 22.3 Å². The predicted octanol–water partition coefficient (Wildman–Crippen LogP) is 5.56. The molecule has 184 valence electrons. The van der Waals surface area contributed by atoms with E-state index in [1.165, 1.54) is 57.6 Å². The Morgan fingerprint density at radius 2 is 1.78 bits per heavy atom.